The first kappa shape index (κ1) is 20.0. The molecule has 1 N–H and O–H groups in total. The third kappa shape index (κ3) is 4.07. The number of anilines is 1. The molecule has 0 aliphatic rings. The number of aromatic nitrogens is 2. The van der Waals surface area contributed by atoms with Gasteiger partial charge in [-0.15, -0.1) is 11.8 Å². The summed E-state index contributed by atoms with van der Waals surface area (Å²) in [6.07, 6.45) is 0. The standard InChI is InChI=1S/C22H25N3O2S/c1-15-10-8-9-11-18(15)14-28-17(3)21(26)23-20-16(2)24(4)25(22(20)27)19-12-6-5-7-13-19/h5-13,17H,14H2,1-4H3,(H,23,26)/t17-/m0/s1. The van der Waals surface area contributed by atoms with Crippen molar-refractivity contribution >= 4 is 23.4 Å². The molecule has 5 nitrogen and oxygen atoms in total. The average molecular weight is 396 g/mol. The lowest BCUT2D eigenvalue weighted by atomic mass is 10.1. The van der Waals surface area contributed by atoms with Crippen LogP contribution in [0.3, 0.4) is 0 Å². The Kier molecular flexibility index (Phi) is 6.09. The summed E-state index contributed by atoms with van der Waals surface area (Å²) in [6, 6.07) is 17.6. The molecule has 0 unspecified atom stereocenters. The van der Waals surface area contributed by atoms with Crippen LogP contribution in [0.4, 0.5) is 5.69 Å². The van der Waals surface area contributed by atoms with E-state index in [-0.39, 0.29) is 16.7 Å². The summed E-state index contributed by atoms with van der Waals surface area (Å²) >= 11 is 1.56. The van der Waals surface area contributed by atoms with E-state index in [2.05, 4.69) is 24.4 Å². The number of amides is 1. The number of thioether (sulfide) groups is 1. The number of carbonyl (C=O) groups is 1. The van der Waals surface area contributed by atoms with Crippen LogP contribution in [0.15, 0.2) is 59.4 Å². The van der Waals surface area contributed by atoms with Gasteiger partial charge in [0.2, 0.25) is 5.91 Å². The van der Waals surface area contributed by atoms with Gasteiger partial charge in [0.05, 0.1) is 16.6 Å². The quantitative estimate of drug-likeness (QED) is 0.685. The summed E-state index contributed by atoms with van der Waals surface area (Å²) < 4.78 is 3.33. The maximum absolute atomic E-state index is 12.9. The van der Waals surface area contributed by atoms with Gasteiger partial charge in [0, 0.05) is 12.8 Å². The van der Waals surface area contributed by atoms with Crippen LogP contribution in [0.2, 0.25) is 0 Å². The number of rotatable bonds is 6. The van der Waals surface area contributed by atoms with Crippen molar-refractivity contribution in [2.24, 2.45) is 7.05 Å². The normalized spacial score (nSPS) is 12.0. The van der Waals surface area contributed by atoms with Gasteiger partial charge in [-0.05, 0) is 44.0 Å². The molecule has 3 rings (SSSR count). The van der Waals surface area contributed by atoms with Gasteiger partial charge in [0.25, 0.3) is 5.56 Å². The average Bonchev–Trinajstić information content (AvgIpc) is 2.91. The molecule has 1 heterocycles. The third-order valence-electron chi connectivity index (χ3n) is 4.92. The number of carbonyl (C=O) groups excluding carboxylic acids is 1. The second kappa shape index (κ2) is 8.52. The van der Waals surface area contributed by atoms with Crippen LogP contribution in [0, 0.1) is 13.8 Å². The summed E-state index contributed by atoms with van der Waals surface area (Å²) in [5, 5.41) is 2.57. The zero-order valence-electron chi connectivity index (χ0n) is 16.6. The minimum atomic E-state index is -0.274. The summed E-state index contributed by atoms with van der Waals surface area (Å²) in [5.41, 5.74) is 4.02. The van der Waals surface area contributed by atoms with Crippen LogP contribution in [-0.4, -0.2) is 20.5 Å². The van der Waals surface area contributed by atoms with Crippen LogP contribution in [0.5, 0.6) is 0 Å². The Bertz CT molecular complexity index is 1040. The molecule has 0 spiro atoms. The Morgan fingerprint density at radius 2 is 1.71 bits per heavy atom. The predicted molar refractivity (Wildman–Crippen MR) is 116 cm³/mol. The topological polar surface area (TPSA) is 56.0 Å². The Morgan fingerprint density at radius 3 is 2.39 bits per heavy atom. The lowest BCUT2D eigenvalue weighted by molar-refractivity contribution is -0.115. The molecular weight excluding hydrogens is 370 g/mol. The van der Waals surface area contributed by atoms with Crippen molar-refractivity contribution in [1.29, 1.82) is 0 Å². The van der Waals surface area contributed by atoms with Crippen molar-refractivity contribution in [2.75, 3.05) is 5.32 Å². The maximum Gasteiger partial charge on any atom is 0.295 e. The van der Waals surface area contributed by atoms with E-state index in [1.165, 1.54) is 11.1 Å². The minimum absolute atomic E-state index is 0.162. The van der Waals surface area contributed by atoms with Crippen LogP contribution in [-0.2, 0) is 17.6 Å². The smallest absolute Gasteiger partial charge is 0.295 e. The Labute approximate surface area is 169 Å². The summed E-state index contributed by atoms with van der Waals surface area (Å²) in [6.45, 7) is 5.77. The SMILES string of the molecule is Cc1ccccc1CS[C@@H](C)C(=O)Nc1c(C)n(C)n(-c2ccccc2)c1=O. The highest BCUT2D eigenvalue weighted by atomic mass is 32.2. The van der Waals surface area contributed by atoms with Crippen molar-refractivity contribution < 1.29 is 4.79 Å². The fraction of sp³-hybridized carbons (Fsp3) is 0.273. The van der Waals surface area contributed by atoms with Gasteiger partial charge in [-0.1, -0.05) is 42.5 Å². The molecule has 1 amide bonds. The molecule has 0 aliphatic carbocycles. The second-order valence-electron chi connectivity index (χ2n) is 6.81. The minimum Gasteiger partial charge on any atom is -0.319 e. The summed E-state index contributed by atoms with van der Waals surface area (Å²) in [7, 11) is 1.82. The molecule has 0 saturated heterocycles. The molecule has 2 aromatic carbocycles. The first-order chi connectivity index (χ1) is 13.4. The zero-order valence-corrected chi connectivity index (χ0v) is 17.4. The van der Waals surface area contributed by atoms with Crippen molar-refractivity contribution in [3.05, 3.63) is 81.8 Å². The molecule has 6 heteroatoms. The highest BCUT2D eigenvalue weighted by Gasteiger charge is 2.21. The number of aryl methyl sites for hydroxylation is 1. The lowest BCUT2D eigenvalue weighted by Gasteiger charge is -2.12. The molecular formula is C22H25N3O2S. The van der Waals surface area contributed by atoms with Crippen molar-refractivity contribution in [3.63, 3.8) is 0 Å². The molecule has 0 saturated carbocycles. The van der Waals surface area contributed by atoms with Crippen molar-refractivity contribution in [1.82, 2.24) is 9.36 Å². The van der Waals surface area contributed by atoms with Crippen LogP contribution < -0.4 is 10.9 Å². The van der Waals surface area contributed by atoms with E-state index < -0.39 is 0 Å². The molecule has 3 aromatic rings. The van der Waals surface area contributed by atoms with Gasteiger partial charge in [-0.2, -0.15) is 0 Å². The van der Waals surface area contributed by atoms with E-state index in [1.54, 1.807) is 21.1 Å². The van der Waals surface area contributed by atoms with Gasteiger partial charge < -0.3 is 5.32 Å². The Hall–Kier alpha value is -2.73. The number of nitrogens with one attached hydrogen (secondary N) is 1. The maximum atomic E-state index is 12.9. The zero-order chi connectivity index (χ0) is 20.3. The molecule has 0 aliphatic heterocycles. The molecule has 0 radical (unpaired) electrons. The number of benzene rings is 2. The highest BCUT2D eigenvalue weighted by molar-refractivity contribution is 7.99. The molecule has 28 heavy (non-hydrogen) atoms. The third-order valence-corrected chi connectivity index (χ3v) is 6.11. The summed E-state index contributed by atoms with van der Waals surface area (Å²) in [5.74, 6) is 0.591. The van der Waals surface area contributed by atoms with E-state index in [4.69, 9.17) is 0 Å². The summed E-state index contributed by atoms with van der Waals surface area (Å²) in [4.78, 5) is 25.6. The first-order valence-corrected chi connectivity index (χ1v) is 10.3. The Balaban J connectivity index is 1.75. The number of para-hydroxylation sites is 1. The van der Waals surface area contributed by atoms with Crippen LogP contribution in [0.1, 0.15) is 23.7 Å². The van der Waals surface area contributed by atoms with Gasteiger partial charge in [-0.25, -0.2) is 4.68 Å². The van der Waals surface area contributed by atoms with E-state index in [0.29, 0.717) is 5.69 Å². The number of hydrogen-bond donors (Lipinski definition) is 1. The number of hydrogen-bond acceptors (Lipinski definition) is 3. The fourth-order valence-electron chi connectivity index (χ4n) is 3.00. The largest absolute Gasteiger partial charge is 0.319 e. The molecule has 0 fully saturated rings. The fourth-order valence-corrected chi connectivity index (χ4v) is 3.96. The van der Waals surface area contributed by atoms with Gasteiger partial charge in [0.1, 0.15) is 5.69 Å². The monoisotopic (exact) mass is 395 g/mol. The molecule has 1 atom stereocenters. The van der Waals surface area contributed by atoms with Gasteiger partial charge >= 0.3 is 0 Å². The van der Waals surface area contributed by atoms with Gasteiger partial charge in [-0.3, -0.25) is 14.3 Å². The highest BCUT2D eigenvalue weighted by Crippen LogP contribution is 2.22. The van der Waals surface area contributed by atoms with E-state index in [1.807, 2.05) is 63.4 Å². The lowest BCUT2D eigenvalue weighted by Crippen LogP contribution is -2.27. The predicted octanol–water partition coefficient (Wildman–Crippen LogP) is 4.05. The molecule has 0 bridgehead atoms. The van der Waals surface area contributed by atoms with E-state index in [9.17, 15) is 9.59 Å². The van der Waals surface area contributed by atoms with Crippen molar-refractivity contribution in [3.8, 4) is 5.69 Å². The Morgan fingerprint density at radius 1 is 1.07 bits per heavy atom. The second-order valence-corrected chi connectivity index (χ2v) is 8.13. The molecule has 1 aromatic heterocycles. The van der Waals surface area contributed by atoms with E-state index >= 15 is 0 Å². The van der Waals surface area contributed by atoms with E-state index in [0.717, 1.165) is 17.1 Å². The number of nitrogens with zero attached hydrogens (tertiary/aromatic N) is 2. The van der Waals surface area contributed by atoms with Crippen LogP contribution >= 0.6 is 11.8 Å². The van der Waals surface area contributed by atoms with Crippen molar-refractivity contribution in [2.45, 2.75) is 31.8 Å². The first-order valence-electron chi connectivity index (χ1n) is 9.21. The van der Waals surface area contributed by atoms with Gasteiger partial charge in [0.15, 0.2) is 0 Å². The van der Waals surface area contributed by atoms with Crippen LogP contribution in [0.25, 0.3) is 5.69 Å². The molecule has 146 valence electrons.